The van der Waals surface area contributed by atoms with Gasteiger partial charge in [-0.1, -0.05) is 47.6 Å². The molecule has 3 rings (SSSR count). The number of halogens is 1. The van der Waals surface area contributed by atoms with Crippen LogP contribution >= 0.6 is 23.4 Å². The van der Waals surface area contributed by atoms with E-state index in [0.29, 0.717) is 22.6 Å². The molecule has 7 heteroatoms. The summed E-state index contributed by atoms with van der Waals surface area (Å²) in [6, 6.07) is 24.2. The number of aliphatic hydroxyl groups is 1. The highest BCUT2D eigenvalue weighted by Crippen LogP contribution is 2.28. The first-order valence-electron chi connectivity index (χ1n) is 9.63. The zero-order valence-electron chi connectivity index (χ0n) is 16.6. The van der Waals surface area contributed by atoms with Crippen molar-refractivity contribution in [2.45, 2.75) is 22.3 Å². The Labute approximate surface area is 190 Å². The highest BCUT2D eigenvalue weighted by molar-refractivity contribution is 7.99. The molecule has 0 aliphatic rings. The standard InChI is InChI=1S/C24H21ClN2O3S/c25-20-3-1-2-19(14-20)23(28)16-27(24(29)30)13-12-17-4-8-21(9-5-17)31-22-10-6-18(15-26)7-11-22/h1-11,14,23,28H,12-13,16H2,(H,29,30). The average molecular weight is 453 g/mol. The minimum absolute atomic E-state index is 0.0255. The van der Waals surface area contributed by atoms with Gasteiger partial charge in [0.2, 0.25) is 0 Å². The van der Waals surface area contributed by atoms with Crippen molar-refractivity contribution in [3.63, 3.8) is 0 Å². The number of carboxylic acid groups (broad SMARTS) is 1. The topological polar surface area (TPSA) is 84.6 Å². The number of amides is 1. The monoisotopic (exact) mass is 452 g/mol. The lowest BCUT2D eigenvalue weighted by atomic mass is 10.1. The summed E-state index contributed by atoms with van der Waals surface area (Å²) in [5.74, 6) is 0. The van der Waals surface area contributed by atoms with Gasteiger partial charge in [-0.25, -0.2) is 4.79 Å². The van der Waals surface area contributed by atoms with E-state index >= 15 is 0 Å². The SMILES string of the molecule is N#Cc1ccc(Sc2ccc(CCN(CC(O)c3cccc(Cl)c3)C(=O)O)cc2)cc1. The van der Waals surface area contributed by atoms with Crippen molar-refractivity contribution in [3.8, 4) is 6.07 Å². The zero-order valence-corrected chi connectivity index (χ0v) is 18.2. The second kappa shape index (κ2) is 10.9. The fourth-order valence-electron chi connectivity index (χ4n) is 3.01. The van der Waals surface area contributed by atoms with E-state index in [1.807, 2.05) is 36.4 Å². The molecule has 1 unspecified atom stereocenters. The number of hydrogen-bond acceptors (Lipinski definition) is 4. The molecule has 0 fully saturated rings. The van der Waals surface area contributed by atoms with E-state index in [1.165, 1.54) is 4.90 Å². The predicted molar refractivity (Wildman–Crippen MR) is 121 cm³/mol. The lowest BCUT2D eigenvalue weighted by Crippen LogP contribution is -2.35. The fourth-order valence-corrected chi connectivity index (χ4v) is 4.03. The number of benzene rings is 3. The molecule has 2 N–H and O–H groups in total. The van der Waals surface area contributed by atoms with Crippen LogP contribution in [0.3, 0.4) is 0 Å². The maximum Gasteiger partial charge on any atom is 0.407 e. The molecule has 3 aromatic rings. The van der Waals surface area contributed by atoms with Crippen LogP contribution in [0.25, 0.3) is 0 Å². The van der Waals surface area contributed by atoms with Gasteiger partial charge in [0.15, 0.2) is 0 Å². The van der Waals surface area contributed by atoms with E-state index in [2.05, 4.69) is 6.07 Å². The van der Waals surface area contributed by atoms with Crippen molar-refractivity contribution < 1.29 is 15.0 Å². The summed E-state index contributed by atoms with van der Waals surface area (Å²) in [7, 11) is 0. The lowest BCUT2D eigenvalue weighted by molar-refractivity contribution is 0.0973. The molecule has 1 atom stereocenters. The minimum Gasteiger partial charge on any atom is -0.465 e. The summed E-state index contributed by atoms with van der Waals surface area (Å²) < 4.78 is 0. The molecule has 3 aromatic carbocycles. The second-order valence-electron chi connectivity index (χ2n) is 6.93. The van der Waals surface area contributed by atoms with Gasteiger partial charge in [-0.2, -0.15) is 5.26 Å². The number of nitriles is 1. The first kappa shape index (κ1) is 22.7. The van der Waals surface area contributed by atoms with Crippen molar-refractivity contribution >= 4 is 29.5 Å². The first-order chi connectivity index (χ1) is 14.9. The van der Waals surface area contributed by atoms with Crippen molar-refractivity contribution in [1.82, 2.24) is 4.90 Å². The van der Waals surface area contributed by atoms with Crippen LogP contribution in [0, 0.1) is 11.3 Å². The van der Waals surface area contributed by atoms with Crippen molar-refractivity contribution in [2.75, 3.05) is 13.1 Å². The van der Waals surface area contributed by atoms with Gasteiger partial charge in [-0.05, 0) is 66.1 Å². The van der Waals surface area contributed by atoms with Crippen LogP contribution in [0.4, 0.5) is 4.79 Å². The third-order valence-electron chi connectivity index (χ3n) is 4.71. The summed E-state index contributed by atoms with van der Waals surface area (Å²) in [4.78, 5) is 14.9. The summed E-state index contributed by atoms with van der Waals surface area (Å²) in [5.41, 5.74) is 2.22. The van der Waals surface area contributed by atoms with Gasteiger partial charge in [0.1, 0.15) is 0 Å². The Morgan fingerprint density at radius 2 is 1.71 bits per heavy atom. The van der Waals surface area contributed by atoms with Gasteiger partial charge in [-0.15, -0.1) is 0 Å². The molecule has 5 nitrogen and oxygen atoms in total. The average Bonchev–Trinajstić information content (AvgIpc) is 2.77. The van der Waals surface area contributed by atoms with E-state index in [4.69, 9.17) is 16.9 Å². The molecule has 0 bridgehead atoms. The second-order valence-corrected chi connectivity index (χ2v) is 8.51. The summed E-state index contributed by atoms with van der Waals surface area (Å²) in [6.07, 6.45) is -1.48. The largest absolute Gasteiger partial charge is 0.465 e. The zero-order chi connectivity index (χ0) is 22.2. The number of nitrogens with zero attached hydrogens (tertiary/aromatic N) is 2. The third kappa shape index (κ3) is 6.76. The summed E-state index contributed by atoms with van der Waals surface area (Å²) in [5, 5.41) is 29.3. The van der Waals surface area contributed by atoms with Gasteiger partial charge >= 0.3 is 6.09 Å². The van der Waals surface area contributed by atoms with Crippen LogP contribution in [0.15, 0.2) is 82.6 Å². The van der Waals surface area contributed by atoms with Crippen molar-refractivity contribution in [2.24, 2.45) is 0 Å². The minimum atomic E-state index is -1.07. The number of rotatable bonds is 8. The van der Waals surface area contributed by atoms with E-state index in [0.717, 1.165) is 15.4 Å². The molecule has 0 aliphatic carbocycles. The Morgan fingerprint density at radius 1 is 1.06 bits per heavy atom. The summed E-state index contributed by atoms with van der Waals surface area (Å²) >= 11 is 7.55. The Balaban J connectivity index is 1.56. The highest BCUT2D eigenvalue weighted by Gasteiger charge is 2.18. The first-order valence-corrected chi connectivity index (χ1v) is 10.8. The normalized spacial score (nSPS) is 11.5. The highest BCUT2D eigenvalue weighted by atomic mass is 35.5. The molecule has 0 saturated carbocycles. The molecule has 0 heterocycles. The number of aliphatic hydroxyl groups excluding tert-OH is 1. The fraction of sp³-hybridized carbons (Fsp3) is 0.167. The Morgan fingerprint density at radius 3 is 2.29 bits per heavy atom. The van der Waals surface area contributed by atoms with Gasteiger partial charge in [-0.3, -0.25) is 0 Å². The molecule has 1 amide bonds. The van der Waals surface area contributed by atoms with Crippen LogP contribution in [-0.2, 0) is 6.42 Å². The molecule has 158 valence electrons. The van der Waals surface area contributed by atoms with Gasteiger partial charge in [0.25, 0.3) is 0 Å². The van der Waals surface area contributed by atoms with Gasteiger partial charge in [0, 0.05) is 21.4 Å². The van der Waals surface area contributed by atoms with E-state index < -0.39 is 12.2 Å². The number of carbonyl (C=O) groups is 1. The Bertz CT molecular complexity index is 1070. The van der Waals surface area contributed by atoms with Crippen LogP contribution in [0.2, 0.25) is 5.02 Å². The predicted octanol–water partition coefficient (Wildman–Crippen LogP) is 5.62. The molecule has 0 aromatic heterocycles. The van der Waals surface area contributed by atoms with Crippen molar-refractivity contribution in [3.05, 3.63) is 94.5 Å². The molecule has 0 aliphatic heterocycles. The molecule has 0 spiro atoms. The Kier molecular flexibility index (Phi) is 7.96. The van der Waals surface area contributed by atoms with Crippen LogP contribution in [0.1, 0.15) is 22.8 Å². The molecular formula is C24H21ClN2O3S. The molecule has 0 saturated heterocycles. The molecule has 31 heavy (non-hydrogen) atoms. The quantitative estimate of drug-likeness (QED) is 0.463. The van der Waals surface area contributed by atoms with Crippen LogP contribution in [0.5, 0.6) is 0 Å². The van der Waals surface area contributed by atoms with Crippen LogP contribution in [-0.4, -0.2) is 34.3 Å². The maximum atomic E-state index is 11.6. The summed E-state index contributed by atoms with van der Waals surface area (Å²) in [6.45, 7) is 0.247. The van der Waals surface area contributed by atoms with E-state index in [1.54, 1.807) is 48.2 Å². The number of hydrogen-bond donors (Lipinski definition) is 2. The van der Waals surface area contributed by atoms with Gasteiger partial charge < -0.3 is 15.1 Å². The van der Waals surface area contributed by atoms with E-state index in [-0.39, 0.29) is 13.1 Å². The smallest absolute Gasteiger partial charge is 0.407 e. The van der Waals surface area contributed by atoms with Crippen LogP contribution < -0.4 is 0 Å². The van der Waals surface area contributed by atoms with Crippen molar-refractivity contribution in [1.29, 1.82) is 5.26 Å². The maximum absolute atomic E-state index is 11.6. The molecular weight excluding hydrogens is 432 g/mol. The third-order valence-corrected chi connectivity index (χ3v) is 5.96. The lowest BCUT2D eigenvalue weighted by Gasteiger charge is -2.23. The van der Waals surface area contributed by atoms with Gasteiger partial charge in [0.05, 0.1) is 24.3 Å². The molecule has 0 radical (unpaired) electrons. The Hall–Kier alpha value is -2.98. The van der Waals surface area contributed by atoms with E-state index in [9.17, 15) is 15.0 Å².